The summed E-state index contributed by atoms with van der Waals surface area (Å²) in [5.41, 5.74) is 2.08. The summed E-state index contributed by atoms with van der Waals surface area (Å²) in [6.07, 6.45) is 2.68. The number of hydrogen-bond acceptors (Lipinski definition) is 4. The van der Waals surface area contributed by atoms with Crippen LogP contribution >= 0.6 is 11.8 Å². The molecule has 1 amide bonds. The van der Waals surface area contributed by atoms with Gasteiger partial charge in [-0.2, -0.15) is 0 Å². The van der Waals surface area contributed by atoms with Crippen LogP contribution in [0.4, 0.5) is 0 Å². The van der Waals surface area contributed by atoms with Crippen molar-refractivity contribution in [3.8, 4) is 0 Å². The predicted molar refractivity (Wildman–Crippen MR) is 97.1 cm³/mol. The molecular weight excluding hydrogens is 322 g/mol. The van der Waals surface area contributed by atoms with Gasteiger partial charge in [-0.15, -0.1) is 0 Å². The molecule has 0 bridgehead atoms. The summed E-state index contributed by atoms with van der Waals surface area (Å²) in [6.45, 7) is 3.57. The molecule has 0 spiro atoms. The summed E-state index contributed by atoms with van der Waals surface area (Å²) >= 11 is 1.49. The number of aliphatic hydroxyl groups excluding tert-OH is 1. The summed E-state index contributed by atoms with van der Waals surface area (Å²) in [5, 5.41) is 10.8. The van der Waals surface area contributed by atoms with E-state index < -0.39 is 0 Å². The Kier molecular flexibility index (Phi) is 5.46. The summed E-state index contributed by atoms with van der Waals surface area (Å²) in [5.74, 6) is 0.695. The van der Waals surface area contributed by atoms with Gasteiger partial charge in [-0.3, -0.25) is 4.79 Å². The maximum absolute atomic E-state index is 12.4. The van der Waals surface area contributed by atoms with E-state index in [1.807, 2.05) is 25.2 Å². The molecule has 24 heavy (non-hydrogen) atoms. The van der Waals surface area contributed by atoms with E-state index in [2.05, 4.69) is 22.5 Å². The lowest BCUT2D eigenvalue weighted by Crippen LogP contribution is -2.35. The molecule has 2 atom stereocenters. The highest BCUT2D eigenvalue weighted by molar-refractivity contribution is 7.99. The fraction of sp³-hybridized carbons (Fsp3) is 0.556. The zero-order chi connectivity index (χ0) is 17.1. The summed E-state index contributed by atoms with van der Waals surface area (Å²) in [4.78, 5) is 18.8. The van der Waals surface area contributed by atoms with Gasteiger partial charge in [0.2, 0.25) is 5.91 Å². The normalized spacial score (nSPS) is 20.6. The largest absolute Gasteiger partial charge is 0.393 e. The van der Waals surface area contributed by atoms with Crippen LogP contribution in [0.25, 0.3) is 11.0 Å². The summed E-state index contributed by atoms with van der Waals surface area (Å²) in [7, 11) is 1.83. The van der Waals surface area contributed by atoms with Crippen LogP contribution in [0.3, 0.4) is 0 Å². The lowest BCUT2D eigenvalue weighted by atomic mass is 10.1. The second-order valence-electron chi connectivity index (χ2n) is 6.45. The van der Waals surface area contributed by atoms with Crippen LogP contribution in [0, 0.1) is 5.92 Å². The van der Waals surface area contributed by atoms with Gasteiger partial charge in [0.1, 0.15) is 0 Å². The number of imidazole rings is 1. The van der Waals surface area contributed by atoms with E-state index in [4.69, 9.17) is 0 Å². The molecule has 1 saturated carbocycles. The van der Waals surface area contributed by atoms with Crippen molar-refractivity contribution in [1.29, 1.82) is 0 Å². The number of nitrogens with zero attached hydrogens (tertiary/aromatic N) is 3. The van der Waals surface area contributed by atoms with Gasteiger partial charge >= 0.3 is 0 Å². The van der Waals surface area contributed by atoms with Crippen LogP contribution in [0.2, 0.25) is 0 Å². The molecular formula is C18H25N3O2S. The van der Waals surface area contributed by atoms with Gasteiger partial charge < -0.3 is 14.6 Å². The van der Waals surface area contributed by atoms with Gasteiger partial charge in [0, 0.05) is 26.1 Å². The molecule has 1 aromatic heterocycles. The molecule has 2 aromatic rings. The predicted octanol–water partition coefficient (Wildman–Crippen LogP) is 2.77. The Bertz CT molecular complexity index is 715. The number of thioether (sulfide) groups is 1. The third-order valence-electron chi connectivity index (χ3n) is 4.81. The Morgan fingerprint density at radius 1 is 1.42 bits per heavy atom. The fourth-order valence-corrected chi connectivity index (χ4v) is 4.41. The molecule has 3 rings (SSSR count). The van der Waals surface area contributed by atoms with Crippen molar-refractivity contribution in [2.75, 3.05) is 19.3 Å². The smallest absolute Gasteiger partial charge is 0.232 e. The van der Waals surface area contributed by atoms with E-state index in [1.54, 1.807) is 4.90 Å². The van der Waals surface area contributed by atoms with Gasteiger partial charge in [0.25, 0.3) is 0 Å². The van der Waals surface area contributed by atoms with Crippen LogP contribution in [0.15, 0.2) is 29.4 Å². The number of para-hydroxylation sites is 2. The zero-order valence-corrected chi connectivity index (χ0v) is 15.1. The zero-order valence-electron chi connectivity index (χ0n) is 14.3. The standard InChI is InChI=1S/C18H25N3O2S/c1-3-21-15-9-5-4-8-14(15)19-18(21)24-12-17(23)20(2)11-13-7-6-10-16(13)22/h4-5,8-9,13,16,22H,3,6-7,10-12H2,1-2H3. The van der Waals surface area contributed by atoms with Crippen molar-refractivity contribution < 1.29 is 9.90 Å². The molecule has 6 heteroatoms. The maximum Gasteiger partial charge on any atom is 0.232 e. The highest BCUT2D eigenvalue weighted by atomic mass is 32.2. The lowest BCUT2D eigenvalue weighted by Gasteiger charge is -2.23. The van der Waals surface area contributed by atoms with E-state index in [0.717, 1.165) is 42.0 Å². The van der Waals surface area contributed by atoms with Gasteiger partial charge in [-0.1, -0.05) is 30.3 Å². The number of carbonyl (C=O) groups excluding carboxylic acids is 1. The van der Waals surface area contributed by atoms with Crippen LogP contribution < -0.4 is 0 Å². The first kappa shape index (κ1) is 17.3. The van der Waals surface area contributed by atoms with E-state index in [1.165, 1.54) is 11.8 Å². The van der Waals surface area contributed by atoms with Crippen LogP contribution in [-0.2, 0) is 11.3 Å². The minimum absolute atomic E-state index is 0.0915. The van der Waals surface area contributed by atoms with Gasteiger partial charge in [0.15, 0.2) is 5.16 Å². The van der Waals surface area contributed by atoms with Gasteiger partial charge in [0.05, 0.1) is 22.9 Å². The second-order valence-corrected chi connectivity index (χ2v) is 7.39. The summed E-state index contributed by atoms with van der Waals surface area (Å²) in [6, 6.07) is 8.05. The Morgan fingerprint density at radius 3 is 2.92 bits per heavy atom. The monoisotopic (exact) mass is 347 g/mol. The molecule has 1 aliphatic carbocycles. The average Bonchev–Trinajstić information content (AvgIpc) is 3.15. The van der Waals surface area contributed by atoms with E-state index in [9.17, 15) is 9.90 Å². The van der Waals surface area contributed by atoms with Gasteiger partial charge in [-0.25, -0.2) is 4.98 Å². The second kappa shape index (κ2) is 7.57. The van der Waals surface area contributed by atoms with E-state index in [-0.39, 0.29) is 17.9 Å². The molecule has 1 N–H and O–H groups in total. The first-order valence-electron chi connectivity index (χ1n) is 8.60. The number of fused-ring (bicyclic) bond motifs is 1. The first-order chi connectivity index (χ1) is 11.6. The highest BCUT2D eigenvalue weighted by Crippen LogP contribution is 2.27. The van der Waals surface area contributed by atoms with Crippen LogP contribution in [0.1, 0.15) is 26.2 Å². The molecule has 130 valence electrons. The topological polar surface area (TPSA) is 58.4 Å². The van der Waals surface area contributed by atoms with Crippen LogP contribution in [-0.4, -0.2) is 50.9 Å². The highest BCUT2D eigenvalue weighted by Gasteiger charge is 2.27. The number of aryl methyl sites for hydroxylation is 1. The van der Waals surface area contributed by atoms with Crippen molar-refractivity contribution in [1.82, 2.24) is 14.5 Å². The average molecular weight is 347 g/mol. The van der Waals surface area contributed by atoms with E-state index in [0.29, 0.717) is 12.3 Å². The van der Waals surface area contributed by atoms with Crippen molar-refractivity contribution in [3.63, 3.8) is 0 Å². The third kappa shape index (κ3) is 3.59. The minimum atomic E-state index is -0.253. The molecule has 0 saturated heterocycles. The number of aliphatic hydroxyl groups is 1. The number of amides is 1. The summed E-state index contributed by atoms with van der Waals surface area (Å²) < 4.78 is 2.15. The van der Waals surface area contributed by atoms with Crippen molar-refractivity contribution in [2.45, 2.75) is 44.0 Å². The molecule has 0 aliphatic heterocycles. The lowest BCUT2D eigenvalue weighted by molar-refractivity contribution is -0.128. The fourth-order valence-electron chi connectivity index (χ4n) is 3.39. The third-order valence-corrected chi connectivity index (χ3v) is 5.77. The molecule has 2 unspecified atom stereocenters. The minimum Gasteiger partial charge on any atom is -0.393 e. The van der Waals surface area contributed by atoms with Crippen molar-refractivity contribution >= 4 is 28.7 Å². The molecule has 1 heterocycles. The Balaban J connectivity index is 1.61. The SMILES string of the molecule is CCn1c(SCC(=O)N(C)CC2CCCC2O)nc2ccccc21. The van der Waals surface area contributed by atoms with E-state index >= 15 is 0 Å². The number of hydrogen-bond donors (Lipinski definition) is 1. The number of carbonyl (C=O) groups is 1. The Morgan fingerprint density at radius 2 is 2.21 bits per heavy atom. The molecule has 5 nitrogen and oxygen atoms in total. The molecule has 1 fully saturated rings. The number of rotatable bonds is 6. The van der Waals surface area contributed by atoms with Gasteiger partial charge in [-0.05, 0) is 31.9 Å². The Hall–Kier alpha value is -1.53. The molecule has 1 aliphatic rings. The molecule has 1 aromatic carbocycles. The van der Waals surface area contributed by atoms with Crippen LogP contribution in [0.5, 0.6) is 0 Å². The van der Waals surface area contributed by atoms with Crippen molar-refractivity contribution in [3.05, 3.63) is 24.3 Å². The first-order valence-corrected chi connectivity index (χ1v) is 9.58. The Labute approximate surface area is 147 Å². The molecule has 0 radical (unpaired) electrons. The quantitative estimate of drug-likeness (QED) is 0.817. The number of aromatic nitrogens is 2. The number of benzene rings is 1. The van der Waals surface area contributed by atoms with Crippen molar-refractivity contribution in [2.24, 2.45) is 5.92 Å². The maximum atomic E-state index is 12.4.